The van der Waals surface area contributed by atoms with E-state index in [2.05, 4.69) is 6.08 Å². The smallest absolute Gasteiger partial charge is 0.303 e. The summed E-state index contributed by atoms with van der Waals surface area (Å²) >= 11 is 0. The molecule has 1 fully saturated rings. The van der Waals surface area contributed by atoms with Gasteiger partial charge in [-0.2, -0.15) is 0 Å². The number of hydrogen-bond acceptors (Lipinski definition) is 5. The lowest BCUT2D eigenvalue weighted by molar-refractivity contribution is -0.507. The minimum absolute atomic E-state index is 0.0738. The molecule has 2 aliphatic carbocycles. The first-order chi connectivity index (χ1) is 10.2. The van der Waals surface area contributed by atoms with Gasteiger partial charge in [0.15, 0.2) is 0 Å². The number of nitro groups is 1. The molecule has 0 heterocycles. The molecule has 0 unspecified atom stereocenters. The maximum absolute atomic E-state index is 11.3. The van der Waals surface area contributed by atoms with Gasteiger partial charge in [-0.15, -0.1) is 0 Å². The Morgan fingerprint density at radius 1 is 1.55 bits per heavy atom. The Morgan fingerprint density at radius 2 is 2.23 bits per heavy atom. The number of esters is 1. The number of nitrogens with zero attached hydrogens (tertiary/aromatic N) is 1. The topological polar surface area (TPSA) is 78.7 Å². The molecule has 0 amide bonds. The van der Waals surface area contributed by atoms with Gasteiger partial charge in [-0.3, -0.25) is 14.9 Å². The van der Waals surface area contributed by atoms with E-state index in [1.807, 2.05) is 13.8 Å². The lowest BCUT2D eigenvalue weighted by Gasteiger charge is -2.52. The molecule has 0 bridgehead atoms. The predicted molar refractivity (Wildman–Crippen MR) is 80.9 cm³/mol. The molecule has 0 spiro atoms. The zero-order valence-corrected chi connectivity index (χ0v) is 13.8. The highest BCUT2D eigenvalue weighted by Gasteiger charge is 2.59. The molecule has 6 heteroatoms. The Labute approximate surface area is 131 Å². The Bertz CT molecular complexity index is 499. The van der Waals surface area contributed by atoms with Gasteiger partial charge in [-0.25, -0.2) is 0 Å². The second kappa shape index (κ2) is 5.99. The van der Waals surface area contributed by atoms with Gasteiger partial charge in [0.25, 0.3) is 0 Å². The molecule has 3 atom stereocenters. The number of fused-ring (bicyclic) bond motifs is 1. The van der Waals surface area contributed by atoms with Crippen LogP contribution in [-0.4, -0.2) is 36.8 Å². The van der Waals surface area contributed by atoms with Crippen LogP contribution in [0.4, 0.5) is 0 Å². The molecule has 2 aliphatic rings. The van der Waals surface area contributed by atoms with E-state index in [9.17, 15) is 14.9 Å². The summed E-state index contributed by atoms with van der Waals surface area (Å²) in [5.74, 6) is 0.315. The average Bonchev–Trinajstić information content (AvgIpc) is 2.64. The van der Waals surface area contributed by atoms with Crippen LogP contribution in [-0.2, 0) is 14.3 Å². The van der Waals surface area contributed by atoms with Crippen LogP contribution in [0, 0.1) is 27.4 Å². The van der Waals surface area contributed by atoms with Crippen LogP contribution in [0.2, 0.25) is 0 Å². The molecule has 0 saturated heterocycles. The summed E-state index contributed by atoms with van der Waals surface area (Å²) in [4.78, 5) is 22.2. The molecular formula is C16H25NO5. The third kappa shape index (κ3) is 3.48. The summed E-state index contributed by atoms with van der Waals surface area (Å²) in [5, 5.41) is 11.2. The summed E-state index contributed by atoms with van der Waals surface area (Å²) < 4.78 is 10.5. The molecule has 0 N–H and O–H groups in total. The number of carbonyl (C=O) groups excluding carboxylic acids is 1. The van der Waals surface area contributed by atoms with Crippen molar-refractivity contribution in [1.29, 1.82) is 0 Å². The van der Waals surface area contributed by atoms with Crippen molar-refractivity contribution in [2.75, 3.05) is 20.3 Å². The molecule has 22 heavy (non-hydrogen) atoms. The second-order valence-electron chi connectivity index (χ2n) is 7.34. The van der Waals surface area contributed by atoms with Gasteiger partial charge in [-0.05, 0) is 50.5 Å². The first-order valence-electron chi connectivity index (χ1n) is 7.67. The van der Waals surface area contributed by atoms with Crippen LogP contribution in [0.25, 0.3) is 0 Å². The van der Waals surface area contributed by atoms with E-state index in [1.54, 1.807) is 7.11 Å². The van der Waals surface area contributed by atoms with Gasteiger partial charge in [-0.1, -0.05) is 6.08 Å². The first kappa shape index (κ1) is 16.9. The van der Waals surface area contributed by atoms with Gasteiger partial charge < -0.3 is 9.47 Å². The number of rotatable bonds is 7. The number of carbonyl (C=O) groups is 1. The highest BCUT2D eigenvalue weighted by molar-refractivity contribution is 5.66. The Kier molecular flexibility index (Phi) is 4.61. The summed E-state index contributed by atoms with van der Waals surface area (Å²) in [6.45, 7) is 5.55. The summed E-state index contributed by atoms with van der Waals surface area (Å²) in [7, 11) is 1.66. The number of hydrogen-bond donors (Lipinski definition) is 0. The van der Waals surface area contributed by atoms with Crippen molar-refractivity contribution in [3.05, 3.63) is 21.8 Å². The largest absolute Gasteiger partial charge is 0.460 e. The second-order valence-corrected chi connectivity index (χ2v) is 7.34. The normalized spacial score (nSPS) is 30.3. The highest BCUT2D eigenvalue weighted by atomic mass is 16.6. The maximum Gasteiger partial charge on any atom is 0.303 e. The molecular weight excluding hydrogens is 286 g/mol. The molecule has 0 aromatic carbocycles. The van der Waals surface area contributed by atoms with Gasteiger partial charge in [0.2, 0.25) is 6.54 Å². The molecule has 124 valence electrons. The molecule has 6 nitrogen and oxygen atoms in total. The third-order valence-corrected chi connectivity index (χ3v) is 4.79. The maximum atomic E-state index is 11.3. The number of allylic oxidation sites excluding steroid dienone is 1. The average molecular weight is 311 g/mol. The Hall–Kier alpha value is -1.43. The molecule has 1 saturated carbocycles. The summed E-state index contributed by atoms with van der Waals surface area (Å²) in [5.41, 5.74) is 0.126. The molecule has 0 aromatic rings. The van der Waals surface area contributed by atoms with Crippen molar-refractivity contribution in [1.82, 2.24) is 0 Å². The SMILES string of the molecule is COCC1=C[C@H]2[C@@H](C1)C[C@@]2(C[N+](=O)[O-])CC(C)(C)OC(C)=O. The Morgan fingerprint density at radius 3 is 2.77 bits per heavy atom. The number of ether oxygens (including phenoxy) is 2. The predicted octanol–water partition coefficient (Wildman–Crippen LogP) is 2.59. The van der Waals surface area contributed by atoms with E-state index < -0.39 is 11.0 Å². The van der Waals surface area contributed by atoms with Crippen molar-refractivity contribution in [3.8, 4) is 0 Å². The number of methoxy groups -OCH3 is 1. The molecule has 0 aromatic heterocycles. The van der Waals surface area contributed by atoms with Crippen molar-refractivity contribution < 1.29 is 19.2 Å². The minimum Gasteiger partial charge on any atom is -0.460 e. The van der Waals surface area contributed by atoms with E-state index in [1.165, 1.54) is 12.5 Å². The zero-order valence-electron chi connectivity index (χ0n) is 13.8. The summed E-state index contributed by atoms with van der Waals surface area (Å²) in [6.07, 6.45) is 4.45. The lowest BCUT2D eigenvalue weighted by Crippen LogP contribution is -2.53. The van der Waals surface area contributed by atoms with Crippen molar-refractivity contribution in [3.63, 3.8) is 0 Å². The van der Waals surface area contributed by atoms with Gasteiger partial charge in [0.05, 0.1) is 6.61 Å². The van der Waals surface area contributed by atoms with E-state index in [0.717, 1.165) is 12.8 Å². The van der Waals surface area contributed by atoms with Crippen LogP contribution in [0.3, 0.4) is 0 Å². The van der Waals surface area contributed by atoms with Crippen molar-refractivity contribution in [2.45, 2.75) is 45.6 Å². The van der Waals surface area contributed by atoms with Crippen molar-refractivity contribution in [2.24, 2.45) is 17.3 Å². The fraction of sp³-hybridized carbons (Fsp3) is 0.812. The monoisotopic (exact) mass is 311 g/mol. The molecule has 0 radical (unpaired) electrons. The molecule has 2 rings (SSSR count). The lowest BCUT2D eigenvalue weighted by atomic mass is 9.52. The highest BCUT2D eigenvalue weighted by Crippen LogP contribution is 2.61. The fourth-order valence-corrected chi connectivity index (χ4v) is 4.53. The van der Waals surface area contributed by atoms with Crippen LogP contribution in [0.15, 0.2) is 11.6 Å². The van der Waals surface area contributed by atoms with Crippen LogP contribution >= 0.6 is 0 Å². The van der Waals surface area contributed by atoms with Crippen LogP contribution in [0.5, 0.6) is 0 Å². The molecule has 0 aliphatic heterocycles. The van der Waals surface area contributed by atoms with Gasteiger partial charge >= 0.3 is 5.97 Å². The minimum atomic E-state index is -0.690. The fourth-order valence-electron chi connectivity index (χ4n) is 4.53. The van der Waals surface area contributed by atoms with E-state index in [-0.39, 0.29) is 23.4 Å². The first-order valence-corrected chi connectivity index (χ1v) is 7.67. The van der Waals surface area contributed by atoms with Gasteiger partial charge in [0.1, 0.15) is 5.60 Å². The van der Waals surface area contributed by atoms with E-state index >= 15 is 0 Å². The van der Waals surface area contributed by atoms with E-state index in [4.69, 9.17) is 9.47 Å². The van der Waals surface area contributed by atoms with E-state index in [0.29, 0.717) is 18.9 Å². The van der Waals surface area contributed by atoms with Crippen LogP contribution in [0.1, 0.15) is 40.0 Å². The van der Waals surface area contributed by atoms with Crippen molar-refractivity contribution >= 4 is 5.97 Å². The van der Waals surface area contributed by atoms with Crippen LogP contribution < -0.4 is 0 Å². The van der Waals surface area contributed by atoms with Gasteiger partial charge in [0, 0.05) is 24.4 Å². The summed E-state index contributed by atoms with van der Waals surface area (Å²) in [6, 6.07) is 0. The Balaban J connectivity index is 2.17. The standard InChI is InChI=1S/C16H25NO5/c1-11(18)22-15(2,3)9-16(10-17(19)20)7-13-5-12(8-21-4)6-14(13)16/h6,13-14H,5,7-10H2,1-4H3/t13-,14-,16-/m0/s1. The quantitative estimate of drug-likeness (QED) is 0.312. The zero-order chi connectivity index (χ0) is 16.5. The third-order valence-electron chi connectivity index (χ3n) is 4.79.